The molecule has 0 aliphatic heterocycles. The number of alkyl halides is 3. The summed E-state index contributed by atoms with van der Waals surface area (Å²) < 4.78 is 43.0. The van der Waals surface area contributed by atoms with Crippen LogP contribution in [0.2, 0.25) is 0 Å². The zero-order valence-electron chi connectivity index (χ0n) is 15.5. The van der Waals surface area contributed by atoms with E-state index in [0.29, 0.717) is 0 Å². The Labute approximate surface area is 166 Å². The number of hydrogen-bond acceptors (Lipinski definition) is 3. The van der Waals surface area contributed by atoms with Gasteiger partial charge in [-0.25, -0.2) is 4.79 Å². The first-order chi connectivity index (χ1) is 13.8. The van der Waals surface area contributed by atoms with Crippen molar-refractivity contribution in [2.45, 2.75) is 25.7 Å². The minimum absolute atomic E-state index is 0.0729. The summed E-state index contributed by atoms with van der Waals surface area (Å²) in [5, 5.41) is 4.86. The second-order valence-corrected chi connectivity index (χ2v) is 6.03. The summed E-state index contributed by atoms with van der Waals surface area (Å²) >= 11 is 0. The standard InChI is InChI=1S/C21H19F3N2O3/c1-15(26-20(28)29-14-17-7-3-2-4-8-17)19(27)25-12-6-10-16-9-5-11-18(13-16)21(22,23)24/h2-5,7-9,11,13,15H,12,14H2,1H3,(H,25,27)(H,26,28)/t15-/m1/s1. The van der Waals surface area contributed by atoms with Gasteiger partial charge in [0.25, 0.3) is 0 Å². The Morgan fingerprint density at radius 2 is 1.83 bits per heavy atom. The highest BCUT2D eigenvalue weighted by Gasteiger charge is 2.30. The third-order valence-electron chi connectivity index (χ3n) is 3.71. The first kappa shape index (κ1) is 21.8. The van der Waals surface area contributed by atoms with Gasteiger partial charge in [-0.2, -0.15) is 13.2 Å². The highest BCUT2D eigenvalue weighted by Crippen LogP contribution is 2.29. The predicted octanol–water partition coefficient (Wildman–Crippen LogP) is 3.49. The molecule has 1 atom stereocenters. The van der Waals surface area contributed by atoms with Crippen LogP contribution in [-0.2, 0) is 22.3 Å². The molecule has 0 spiro atoms. The molecular weight excluding hydrogens is 385 g/mol. The zero-order valence-corrected chi connectivity index (χ0v) is 15.5. The Kier molecular flexibility index (Phi) is 7.66. The second kappa shape index (κ2) is 10.2. The number of rotatable bonds is 5. The van der Waals surface area contributed by atoms with Crippen molar-refractivity contribution in [1.82, 2.24) is 10.6 Å². The number of alkyl carbamates (subject to hydrolysis) is 1. The van der Waals surface area contributed by atoms with Crippen molar-refractivity contribution in [3.63, 3.8) is 0 Å². The minimum Gasteiger partial charge on any atom is -0.445 e. The summed E-state index contributed by atoms with van der Waals surface area (Å²) in [4.78, 5) is 23.7. The average Bonchev–Trinajstić information content (AvgIpc) is 2.70. The van der Waals surface area contributed by atoms with Gasteiger partial charge in [-0.1, -0.05) is 48.2 Å². The summed E-state index contributed by atoms with van der Waals surface area (Å²) in [6.45, 7) is 1.46. The van der Waals surface area contributed by atoms with Crippen LogP contribution in [0.1, 0.15) is 23.6 Å². The Morgan fingerprint density at radius 3 is 2.52 bits per heavy atom. The molecule has 0 fully saturated rings. The van der Waals surface area contributed by atoms with Crippen molar-refractivity contribution in [3.8, 4) is 11.8 Å². The lowest BCUT2D eigenvalue weighted by molar-refractivity contribution is -0.137. The fourth-order valence-electron chi connectivity index (χ4n) is 2.21. The smallest absolute Gasteiger partial charge is 0.416 e. The second-order valence-electron chi connectivity index (χ2n) is 6.03. The maximum Gasteiger partial charge on any atom is 0.416 e. The molecule has 2 aromatic carbocycles. The number of benzene rings is 2. The molecule has 2 amide bonds. The number of carbonyl (C=O) groups excluding carboxylic acids is 2. The first-order valence-electron chi connectivity index (χ1n) is 8.67. The lowest BCUT2D eigenvalue weighted by Crippen LogP contribution is -2.45. The molecule has 0 aromatic heterocycles. The number of hydrogen-bond donors (Lipinski definition) is 2. The minimum atomic E-state index is -4.44. The van der Waals surface area contributed by atoms with Gasteiger partial charge >= 0.3 is 12.3 Å². The van der Waals surface area contributed by atoms with Crippen molar-refractivity contribution in [1.29, 1.82) is 0 Å². The van der Waals surface area contributed by atoms with Crippen LogP contribution < -0.4 is 10.6 Å². The van der Waals surface area contributed by atoms with Crippen molar-refractivity contribution < 1.29 is 27.5 Å². The van der Waals surface area contributed by atoms with E-state index in [1.54, 1.807) is 12.1 Å². The number of carbonyl (C=O) groups is 2. The summed E-state index contributed by atoms with van der Waals surface area (Å²) in [6.07, 6.45) is -5.19. The molecule has 2 rings (SSSR count). The predicted molar refractivity (Wildman–Crippen MR) is 101 cm³/mol. The van der Waals surface area contributed by atoms with Crippen LogP contribution >= 0.6 is 0 Å². The SMILES string of the molecule is C[C@@H](NC(=O)OCc1ccccc1)C(=O)NCC#Cc1cccc(C(F)(F)F)c1. The van der Waals surface area contributed by atoms with Gasteiger partial charge in [-0.3, -0.25) is 4.79 Å². The molecule has 0 unspecified atom stereocenters. The lowest BCUT2D eigenvalue weighted by atomic mass is 10.1. The Hall–Kier alpha value is -3.47. The van der Waals surface area contributed by atoms with Crippen LogP contribution in [-0.4, -0.2) is 24.6 Å². The van der Waals surface area contributed by atoms with Crippen molar-refractivity contribution in [2.75, 3.05) is 6.54 Å². The van der Waals surface area contributed by atoms with E-state index in [9.17, 15) is 22.8 Å². The molecule has 2 aromatic rings. The monoisotopic (exact) mass is 404 g/mol. The van der Waals surface area contributed by atoms with Crippen LogP contribution in [0.3, 0.4) is 0 Å². The van der Waals surface area contributed by atoms with Crippen molar-refractivity contribution >= 4 is 12.0 Å². The van der Waals surface area contributed by atoms with E-state index in [4.69, 9.17) is 4.74 Å². The molecule has 2 N–H and O–H groups in total. The maximum absolute atomic E-state index is 12.7. The number of ether oxygens (including phenoxy) is 1. The first-order valence-corrected chi connectivity index (χ1v) is 8.67. The topological polar surface area (TPSA) is 67.4 Å². The Balaban J connectivity index is 1.76. The molecule has 8 heteroatoms. The van der Waals surface area contributed by atoms with Gasteiger partial charge in [0, 0.05) is 5.56 Å². The molecule has 29 heavy (non-hydrogen) atoms. The number of nitrogens with one attached hydrogen (secondary N) is 2. The fraction of sp³-hybridized carbons (Fsp3) is 0.238. The zero-order chi connectivity index (χ0) is 21.3. The lowest BCUT2D eigenvalue weighted by Gasteiger charge is -2.13. The van der Waals surface area contributed by atoms with E-state index in [1.807, 2.05) is 18.2 Å². The molecule has 152 valence electrons. The van der Waals surface area contributed by atoms with Gasteiger partial charge in [-0.05, 0) is 30.7 Å². The van der Waals surface area contributed by atoms with Gasteiger partial charge in [0.1, 0.15) is 12.6 Å². The fourth-order valence-corrected chi connectivity index (χ4v) is 2.21. The van der Waals surface area contributed by atoms with Gasteiger partial charge < -0.3 is 15.4 Å². The van der Waals surface area contributed by atoms with Gasteiger partial charge in [0.05, 0.1) is 12.1 Å². The van der Waals surface area contributed by atoms with Crippen molar-refractivity contribution in [2.24, 2.45) is 0 Å². The van der Waals surface area contributed by atoms with Gasteiger partial charge in [0.2, 0.25) is 5.91 Å². The van der Waals surface area contributed by atoms with E-state index in [0.717, 1.165) is 17.7 Å². The van der Waals surface area contributed by atoms with Crippen LogP contribution in [0.15, 0.2) is 54.6 Å². The van der Waals surface area contributed by atoms with Crippen LogP contribution in [0.4, 0.5) is 18.0 Å². The molecule has 0 saturated heterocycles. The van der Waals surface area contributed by atoms with Gasteiger partial charge in [-0.15, -0.1) is 0 Å². The van der Waals surface area contributed by atoms with E-state index in [-0.39, 0.29) is 18.7 Å². The Morgan fingerprint density at radius 1 is 1.10 bits per heavy atom. The maximum atomic E-state index is 12.7. The number of amides is 2. The average molecular weight is 404 g/mol. The summed E-state index contributed by atoms with van der Waals surface area (Å²) in [6, 6.07) is 12.8. The normalized spacial score (nSPS) is 11.6. The molecule has 0 radical (unpaired) electrons. The quantitative estimate of drug-likeness (QED) is 0.750. The summed E-state index contributed by atoms with van der Waals surface area (Å²) in [5.41, 5.74) is 0.203. The molecular formula is C21H19F3N2O3. The van der Waals surface area contributed by atoms with E-state index < -0.39 is 29.8 Å². The van der Waals surface area contributed by atoms with Crippen LogP contribution in [0, 0.1) is 11.8 Å². The molecule has 0 bridgehead atoms. The summed E-state index contributed by atoms with van der Waals surface area (Å²) in [5.74, 6) is 4.63. The Bertz CT molecular complexity index is 903. The molecule has 0 heterocycles. The van der Waals surface area contributed by atoms with Crippen LogP contribution in [0.5, 0.6) is 0 Å². The summed E-state index contributed by atoms with van der Waals surface area (Å²) in [7, 11) is 0. The highest BCUT2D eigenvalue weighted by molar-refractivity contribution is 5.85. The molecule has 5 nitrogen and oxygen atoms in total. The van der Waals surface area contributed by atoms with Gasteiger partial charge in [0.15, 0.2) is 0 Å². The van der Waals surface area contributed by atoms with E-state index in [2.05, 4.69) is 22.5 Å². The molecule has 0 aliphatic rings. The highest BCUT2D eigenvalue weighted by atomic mass is 19.4. The van der Waals surface area contributed by atoms with Crippen molar-refractivity contribution in [3.05, 3.63) is 71.3 Å². The van der Waals surface area contributed by atoms with E-state index in [1.165, 1.54) is 19.1 Å². The molecule has 0 aliphatic carbocycles. The number of halogens is 3. The van der Waals surface area contributed by atoms with Crippen LogP contribution in [0.25, 0.3) is 0 Å². The third kappa shape index (κ3) is 7.58. The third-order valence-corrected chi connectivity index (χ3v) is 3.71. The van der Waals surface area contributed by atoms with E-state index >= 15 is 0 Å². The largest absolute Gasteiger partial charge is 0.445 e. The molecule has 0 saturated carbocycles.